The fourth-order valence-corrected chi connectivity index (χ4v) is 5.70. The minimum atomic E-state index is -4.18. The summed E-state index contributed by atoms with van der Waals surface area (Å²) in [5.41, 5.74) is 2.11. The number of para-hydroxylation sites is 1. The monoisotopic (exact) mass is 476 g/mol. The topological polar surface area (TPSA) is 105 Å². The maximum atomic E-state index is 13.5. The number of carbonyl (C=O) groups is 1. The Hall–Kier alpha value is -2.62. The molecule has 1 amide bonds. The molecule has 33 heavy (non-hydrogen) atoms. The number of hydrogen-bond donors (Lipinski definition) is 2. The number of piperidine rings is 1. The first-order valence-corrected chi connectivity index (χ1v) is 12.6. The zero-order valence-electron chi connectivity index (χ0n) is 19.1. The predicted octanol–water partition coefficient (Wildman–Crippen LogP) is 2.84. The van der Waals surface area contributed by atoms with Crippen LogP contribution in [0.15, 0.2) is 53.4 Å². The Morgan fingerprint density at radius 2 is 1.76 bits per heavy atom. The van der Waals surface area contributed by atoms with Crippen molar-refractivity contribution in [1.82, 2.24) is 10.4 Å². The number of rotatable bonds is 10. The van der Waals surface area contributed by atoms with E-state index >= 15 is 0 Å². The Morgan fingerprint density at radius 3 is 2.39 bits per heavy atom. The zero-order valence-corrected chi connectivity index (χ0v) is 19.9. The molecule has 0 aliphatic carbocycles. The van der Waals surface area contributed by atoms with Crippen LogP contribution in [0.3, 0.4) is 0 Å². The third-order valence-electron chi connectivity index (χ3n) is 6.16. The Morgan fingerprint density at radius 1 is 1.09 bits per heavy atom. The van der Waals surface area contributed by atoms with Crippen molar-refractivity contribution in [3.63, 3.8) is 0 Å². The molecule has 1 aliphatic rings. The van der Waals surface area contributed by atoms with Crippen LogP contribution in [0.25, 0.3) is 0 Å². The highest BCUT2D eigenvalue weighted by Crippen LogP contribution is 2.33. The molecule has 1 heterocycles. The summed E-state index contributed by atoms with van der Waals surface area (Å²) in [7, 11) is -2.70. The van der Waals surface area contributed by atoms with Gasteiger partial charge in [0.05, 0.1) is 12.0 Å². The lowest BCUT2D eigenvalue weighted by atomic mass is 9.98. The van der Waals surface area contributed by atoms with E-state index in [4.69, 9.17) is 9.47 Å². The molecule has 0 spiro atoms. The third kappa shape index (κ3) is 5.66. The number of carbonyl (C=O) groups excluding carboxylic acids is 1. The highest BCUT2D eigenvalue weighted by atomic mass is 32.2. The fraction of sp³-hybridized carbons (Fsp3) is 0.458. The summed E-state index contributed by atoms with van der Waals surface area (Å²) in [6.45, 7) is 4.67. The number of hydroxylamine groups is 1. The van der Waals surface area contributed by atoms with E-state index in [1.807, 2.05) is 0 Å². The number of hydrogen-bond acceptors (Lipinski definition) is 7. The molecule has 0 aromatic heterocycles. The van der Waals surface area contributed by atoms with Gasteiger partial charge in [-0.05, 0) is 68.8 Å². The molecule has 9 heteroatoms. The number of sulfone groups is 1. The summed E-state index contributed by atoms with van der Waals surface area (Å²) in [4.78, 5) is 15.0. The molecular formula is C24H32N2O6S. The van der Waals surface area contributed by atoms with E-state index in [2.05, 4.69) is 4.90 Å². The largest absolute Gasteiger partial charge is 0.497 e. The molecule has 1 unspecified atom stereocenters. The van der Waals surface area contributed by atoms with Gasteiger partial charge in [0.2, 0.25) is 0 Å². The fourth-order valence-electron chi connectivity index (χ4n) is 4.05. The predicted molar refractivity (Wildman–Crippen MR) is 124 cm³/mol. The number of nitrogens with one attached hydrogen (secondary N) is 1. The van der Waals surface area contributed by atoms with Gasteiger partial charge in [-0.1, -0.05) is 24.6 Å². The summed E-state index contributed by atoms with van der Waals surface area (Å²) < 4.78 is 36.2. The van der Waals surface area contributed by atoms with Crippen LogP contribution >= 0.6 is 0 Å². The van der Waals surface area contributed by atoms with E-state index in [1.54, 1.807) is 24.3 Å². The molecular weight excluding hydrogens is 444 g/mol. The number of benzene rings is 2. The van der Waals surface area contributed by atoms with Crippen molar-refractivity contribution >= 4 is 15.7 Å². The van der Waals surface area contributed by atoms with Crippen molar-refractivity contribution in [2.24, 2.45) is 0 Å². The van der Waals surface area contributed by atoms with E-state index in [0.29, 0.717) is 23.7 Å². The lowest BCUT2D eigenvalue weighted by Gasteiger charge is -2.28. The van der Waals surface area contributed by atoms with Crippen LogP contribution in [0.4, 0.5) is 0 Å². The molecule has 1 aliphatic heterocycles. The second kappa shape index (κ2) is 11.0. The van der Waals surface area contributed by atoms with Crippen LogP contribution in [0.1, 0.15) is 31.7 Å². The Balaban J connectivity index is 1.84. The maximum Gasteiger partial charge on any atom is 0.265 e. The van der Waals surface area contributed by atoms with Crippen molar-refractivity contribution in [3.8, 4) is 11.5 Å². The molecule has 8 nitrogen and oxygen atoms in total. The lowest BCUT2D eigenvalue weighted by molar-refractivity contribution is -0.131. The van der Waals surface area contributed by atoms with Crippen molar-refractivity contribution < 1.29 is 27.9 Å². The summed E-state index contributed by atoms with van der Waals surface area (Å²) >= 11 is 0. The molecule has 2 aromatic carbocycles. The number of ether oxygens (including phenoxy) is 2. The number of likely N-dealkylation sites (tertiary alicyclic amines) is 1. The molecule has 1 saturated heterocycles. The van der Waals surface area contributed by atoms with Crippen LogP contribution in [0.2, 0.25) is 0 Å². The smallest absolute Gasteiger partial charge is 0.265 e. The molecule has 1 fully saturated rings. The molecule has 1 atom stereocenters. The third-order valence-corrected chi connectivity index (χ3v) is 8.57. The van der Waals surface area contributed by atoms with E-state index in [0.717, 1.165) is 19.6 Å². The van der Waals surface area contributed by atoms with E-state index in [9.17, 15) is 18.4 Å². The Labute approximate surface area is 195 Å². The summed E-state index contributed by atoms with van der Waals surface area (Å²) in [6.07, 6.45) is 3.46. The average Bonchev–Trinajstić information content (AvgIpc) is 2.85. The number of nitrogens with zero attached hydrogens (tertiary/aromatic N) is 1. The van der Waals surface area contributed by atoms with Gasteiger partial charge in [0.1, 0.15) is 18.1 Å². The standard InChI is InChI=1S/C24H32N2O6S/c1-24(23(27)25-28,33(29,30)21-12-10-20(31-2)11-13-21)18-19-8-4-5-9-22(19)32-17-16-26-14-6-3-7-15-26/h4-5,8-13,28H,3,6-7,14-18H2,1-2H3,(H,25,27). The molecule has 0 radical (unpaired) electrons. The van der Waals surface area contributed by atoms with Gasteiger partial charge in [0.25, 0.3) is 5.91 Å². The van der Waals surface area contributed by atoms with Gasteiger partial charge < -0.3 is 9.47 Å². The molecule has 180 valence electrons. The normalized spacial score (nSPS) is 16.6. The van der Waals surface area contributed by atoms with Gasteiger partial charge in [-0.15, -0.1) is 0 Å². The molecule has 2 N–H and O–H groups in total. The van der Waals surface area contributed by atoms with Crippen LogP contribution in [-0.2, 0) is 21.1 Å². The van der Waals surface area contributed by atoms with Gasteiger partial charge in [-0.25, -0.2) is 13.9 Å². The van der Waals surface area contributed by atoms with Crippen LogP contribution < -0.4 is 15.0 Å². The van der Waals surface area contributed by atoms with E-state index in [1.165, 1.54) is 63.0 Å². The van der Waals surface area contributed by atoms with Gasteiger partial charge >= 0.3 is 0 Å². The van der Waals surface area contributed by atoms with Gasteiger partial charge in [-0.3, -0.25) is 14.9 Å². The highest BCUT2D eigenvalue weighted by molar-refractivity contribution is 7.93. The highest BCUT2D eigenvalue weighted by Gasteiger charge is 2.47. The zero-order chi connectivity index (χ0) is 23.9. The second-order valence-corrected chi connectivity index (χ2v) is 10.8. The molecule has 0 bridgehead atoms. The molecule has 2 aromatic rings. The number of amides is 1. The molecule has 0 saturated carbocycles. The van der Waals surface area contributed by atoms with Gasteiger partial charge in [0.15, 0.2) is 14.6 Å². The summed E-state index contributed by atoms with van der Waals surface area (Å²) in [5, 5.41) is 9.38. The SMILES string of the molecule is COc1ccc(S(=O)(=O)C(C)(Cc2ccccc2OCCN2CCCCC2)C(=O)NO)cc1. The number of methoxy groups -OCH3 is 1. The van der Waals surface area contributed by atoms with Gasteiger partial charge in [-0.2, -0.15) is 0 Å². The van der Waals surface area contributed by atoms with Gasteiger partial charge in [0, 0.05) is 13.0 Å². The van der Waals surface area contributed by atoms with E-state index in [-0.39, 0.29) is 11.3 Å². The van der Waals surface area contributed by atoms with Crippen molar-refractivity contribution in [3.05, 3.63) is 54.1 Å². The summed E-state index contributed by atoms with van der Waals surface area (Å²) in [5.74, 6) is 0.00700. The first-order chi connectivity index (χ1) is 15.8. The van der Waals surface area contributed by atoms with Crippen molar-refractivity contribution in [1.29, 1.82) is 0 Å². The Kier molecular flexibility index (Phi) is 8.34. The quantitative estimate of drug-likeness (QED) is 0.401. The average molecular weight is 477 g/mol. The van der Waals surface area contributed by atoms with E-state index < -0.39 is 20.5 Å². The molecule has 3 rings (SSSR count). The summed E-state index contributed by atoms with van der Waals surface area (Å²) in [6, 6.07) is 12.9. The Bertz CT molecular complexity index is 1040. The van der Waals surface area contributed by atoms with Crippen LogP contribution in [0.5, 0.6) is 11.5 Å². The van der Waals surface area contributed by atoms with Crippen molar-refractivity contribution in [2.45, 2.75) is 42.2 Å². The second-order valence-electron chi connectivity index (χ2n) is 8.39. The van der Waals surface area contributed by atoms with Crippen LogP contribution in [-0.4, -0.2) is 62.5 Å². The van der Waals surface area contributed by atoms with Crippen molar-refractivity contribution in [2.75, 3.05) is 33.4 Å². The maximum absolute atomic E-state index is 13.5. The van der Waals surface area contributed by atoms with Crippen LogP contribution in [0, 0.1) is 0 Å². The minimum absolute atomic E-state index is 0.0436. The first kappa shape index (κ1) is 25.0. The first-order valence-electron chi connectivity index (χ1n) is 11.1. The lowest BCUT2D eigenvalue weighted by Crippen LogP contribution is -2.51. The minimum Gasteiger partial charge on any atom is -0.497 e.